The average Bonchev–Trinajstić information content (AvgIpc) is 2.52. The SMILES string of the molecule is COc1cccc(COc2ccc(OC)cc2[B-](F)(F)F)c1.[K+]. The fraction of sp³-hybridized carbons (Fsp3) is 0.200. The fourth-order valence-electron chi connectivity index (χ4n) is 1.96. The molecule has 0 unspecified atom stereocenters. The van der Waals surface area contributed by atoms with E-state index in [2.05, 4.69) is 0 Å². The third kappa shape index (κ3) is 5.72. The van der Waals surface area contributed by atoms with Crippen LogP contribution in [-0.4, -0.2) is 21.2 Å². The van der Waals surface area contributed by atoms with E-state index in [-0.39, 0.29) is 69.5 Å². The Hall–Kier alpha value is -0.669. The summed E-state index contributed by atoms with van der Waals surface area (Å²) in [6.45, 7) is -5.17. The van der Waals surface area contributed by atoms with E-state index in [9.17, 15) is 12.9 Å². The minimum Gasteiger partial charge on any atom is -0.497 e. The van der Waals surface area contributed by atoms with Crippen molar-refractivity contribution in [3.05, 3.63) is 48.0 Å². The van der Waals surface area contributed by atoms with Gasteiger partial charge in [0.1, 0.15) is 18.1 Å². The van der Waals surface area contributed by atoms with Crippen LogP contribution in [-0.2, 0) is 6.61 Å². The topological polar surface area (TPSA) is 27.7 Å². The van der Waals surface area contributed by atoms with Gasteiger partial charge < -0.3 is 27.2 Å². The van der Waals surface area contributed by atoms with Crippen LogP contribution in [0.3, 0.4) is 0 Å². The summed E-state index contributed by atoms with van der Waals surface area (Å²) in [6, 6.07) is 10.6. The first-order valence-corrected chi connectivity index (χ1v) is 6.57. The van der Waals surface area contributed by atoms with Crippen LogP contribution in [0.15, 0.2) is 42.5 Å². The van der Waals surface area contributed by atoms with E-state index in [4.69, 9.17) is 14.2 Å². The molecule has 0 spiro atoms. The summed E-state index contributed by atoms with van der Waals surface area (Å²) in [5.41, 5.74) is -0.0851. The molecule has 0 aliphatic rings. The monoisotopic (exact) mass is 350 g/mol. The molecule has 8 heteroatoms. The van der Waals surface area contributed by atoms with Crippen molar-refractivity contribution in [2.75, 3.05) is 14.2 Å². The molecular formula is C15H15BF3KO3. The van der Waals surface area contributed by atoms with Crippen molar-refractivity contribution >= 4 is 12.4 Å². The van der Waals surface area contributed by atoms with E-state index >= 15 is 0 Å². The standard InChI is InChI=1S/C15H15BF3O3.K/c1-20-12-5-3-4-11(8-12)10-22-15-7-6-13(21-2)9-14(15)16(17,18)19;/h3-9H,10H2,1-2H3;/q-1;+1. The van der Waals surface area contributed by atoms with Crippen molar-refractivity contribution in [3.63, 3.8) is 0 Å². The van der Waals surface area contributed by atoms with Gasteiger partial charge in [-0.25, -0.2) is 0 Å². The molecule has 118 valence electrons. The van der Waals surface area contributed by atoms with Gasteiger partial charge in [0.25, 0.3) is 0 Å². The second-order valence-corrected chi connectivity index (χ2v) is 4.62. The summed E-state index contributed by atoms with van der Waals surface area (Å²) in [5.74, 6) is 0.551. The van der Waals surface area contributed by atoms with Crippen LogP contribution in [0.25, 0.3) is 0 Å². The van der Waals surface area contributed by atoms with E-state index in [0.717, 1.165) is 11.6 Å². The van der Waals surface area contributed by atoms with Gasteiger partial charge in [-0.3, -0.25) is 0 Å². The summed E-state index contributed by atoms with van der Waals surface area (Å²) >= 11 is 0. The van der Waals surface area contributed by atoms with Crippen LogP contribution in [0.2, 0.25) is 0 Å². The first-order chi connectivity index (χ1) is 10.4. The van der Waals surface area contributed by atoms with E-state index in [1.807, 2.05) is 0 Å². The average molecular weight is 350 g/mol. The Bertz CT molecular complexity index is 650. The maximum absolute atomic E-state index is 13.1. The predicted molar refractivity (Wildman–Crippen MR) is 79.0 cm³/mol. The fourth-order valence-corrected chi connectivity index (χ4v) is 1.96. The molecule has 0 fully saturated rings. The smallest absolute Gasteiger partial charge is 0.497 e. The summed E-state index contributed by atoms with van der Waals surface area (Å²) in [5, 5.41) is 0. The summed E-state index contributed by atoms with van der Waals surface area (Å²) in [7, 11) is 2.84. The van der Waals surface area contributed by atoms with Crippen molar-refractivity contribution in [1.82, 2.24) is 0 Å². The van der Waals surface area contributed by atoms with E-state index in [1.54, 1.807) is 24.3 Å². The number of halogens is 3. The van der Waals surface area contributed by atoms with Gasteiger partial charge in [0.05, 0.1) is 20.0 Å². The molecule has 0 aliphatic carbocycles. The van der Waals surface area contributed by atoms with Crippen LogP contribution in [0.4, 0.5) is 12.9 Å². The van der Waals surface area contributed by atoms with Crippen LogP contribution in [0.1, 0.15) is 5.56 Å². The van der Waals surface area contributed by atoms with Gasteiger partial charge in [-0.2, -0.15) is 0 Å². The largest absolute Gasteiger partial charge is 1.00 e. The van der Waals surface area contributed by atoms with Crippen molar-refractivity contribution in [3.8, 4) is 17.2 Å². The van der Waals surface area contributed by atoms with Gasteiger partial charge in [0.2, 0.25) is 0 Å². The van der Waals surface area contributed by atoms with Crippen molar-refractivity contribution in [2.24, 2.45) is 0 Å². The van der Waals surface area contributed by atoms with Gasteiger partial charge in [0.15, 0.2) is 0 Å². The Morgan fingerprint density at radius 2 is 1.57 bits per heavy atom. The van der Waals surface area contributed by atoms with Gasteiger partial charge in [-0.1, -0.05) is 17.6 Å². The molecule has 0 amide bonds. The first kappa shape index (κ1) is 20.4. The molecule has 0 aliphatic heterocycles. The molecule has 2 aromatic carbocycles. The third-order valence-electron chi connectivity index (χ3n) is 3.10. The maximum atomic E-state index is 13.1. The number of methoxy groups -OCH3 is 2. The summed E-state index contributed by atoms with van der Waals surface area (Å²) < 4.78 is 54.6. The third-order valence-corrected chi connectivity index (χ3v) is 3.10. The second-order valence-electron chi connectivity index (χ2n) is 4.62. The Morgan fingerprint density at radius 3 is 2.17 bits per heavy atom. The zero-order chi connectivity index (χ0) is 16.2. The van der Waals surface area contributed by atoms with E-state index in [1.165, 1.54) is 26.4 Å². The number of hydrogen-bond acceptors (Lipinski definition) is 3. The number of ether oxygens (including phenoxy) is 3. The molecular weight excluding hydrogens is 335 g/mol. The molecule has 23 heavy (non-hydrogen) atoms. The first-order valence-electron chi connectivity index (χ1n) is 6.57. The number of benzene rings is 2. The van der Waals surface area contributed by atoms with E-state index < -0.39 is 12.4 Å². The Morgan fingerprint density at radius 1 is 0.913 bits per heavy atom. The molecule has 0 N–H and O–H groups in total. The minimum atomic E-state index is -5.19. The molecule has 0 radical (unpaired) electrons. The van der Waals surface area contributed by atoms with Gasteiger partial charge >= 0.3 is 58.4 Å². The van der Waals surface area contributed by atoms with Crippen molar-refractivity contribution < 1.29 is 78.5 Å². The summed E-state index contributed by atoms with van der Waals surface area (Å²) in [4.78, 5) is 0. The van der Waals surface area contributed by atoms with Crippen LogP contribution in [0, 0.1) is 0 Å². The molecule has 0 atom stereocenters. The van der Waals surface area contributed by atoms with Gasteiger partial charge in [0, 0.05) is 0 Å². The molecule has 0 saturated carbocycles. The maximum Gasteiger partial charge on any atom is 1.00 e. The minimum absolute atomic E-state index is 0. The molecule has 0 heterocycles. The van der Waals surface area contributed by atoms with Crippen molar-refractivity contribution in [2.45, 2.75) is 6.61 Å². The predicted octanol–water partition coefficient (Wildman–Crippen LogP) is 0.341. The number of rotatable bonds is 6. The number of hydrogen-bond donors (Lipinski definition) is 0. The molecule has 0 saturated heterocycles. The molecule has 0 bridgehead atoms. The molecule has 2 aromatic rings. The van der Waals surface area contributed by atoms with E-state index in [0.29, 0.717) is 5.75 Å². The van der Waals surface area contributed by atoms with Crippen LogP contribution >= 0.6 is 0 Å². The molecule has 3 nitrogen and oxygen atoms in total. The normalized spacial score (nSPS) is 10.7. The molecule has 2 rings (SSSR count). The quantitative estimate of drug-likeness (QED) is 0.704. The zero-order valence-corrected chi connectivity index (χ0v) is 16.3. The van der Waals surface area contributed by atoms with Crippen LogP contribution < -0.4 is 71.1 Å². The molecule has 0 aromatic heterocycles. The Balaban J connectivity index is 0.00000264. The van der Waals surface area contributed by atoms with Crippen LogP contribution in [0.5, 0.6) is 17.2 Å². The van der Waals surface area contributed by atoms with Crippen molar-refractivity contribution in [1.29, 1.82) is 0 Å². The Labute approximate surface area is 175 Å². The Kier molecular flexibility index (Phi) is 7.96. The van der Waals surface area contributed by atoms with Gasteiger partial charge in [-0.15, -0.1) is 0 Å². The summed E-state index contributed by atoms with van der Waals surface area (Å²) in [6.07, 6.45) is 0. The second kappa shape index (κ2) is 8.98. The van der Waals surface area contributed by atoms with Gasteiger partial charge in [-0.05, 0) is 35.9 Å². The zero-order valence-electron chi connectivity index (χ0n) is 13.2.